The van der Waals surface area contributed by atoms with Gasteiger partial charge < -0.3 is 0 Å². The smallest absolute Gasteiger partial charge is 0.199 e. The first-order chi connectivity index (χ1) is 12.8. The molecule has 3 rings (SSSR count). The maximum Gasteiger partial charge on any atom is 0.282 e. The molecule has 0 aliphatic heterocycles. The third-order valence-electron chi connectivity index (χ3n) is 4.67. The lowest BCUT2D eigenvalue weighted by molar-refractivity contribution is 0.598. The van der Waals surface area contributed by atoms with Crippen LogP contribution in [0.15, 0.2) is 94.2 Å². The Bertz CT molecular complexity index is 1040. The molecule has 0 aromatic heterocycles. The molecule has 0 unspecified atom stereocenters. The van der Waals surface area contributed by atoms with Crippen molar-refractivity contribution in [3.05, 3.63) is 96.1 Å². The van der Waals surface area contributed by atoms with Crippen molar-refractivity contribution < 1.29 is 8.42 Å². The molecule has 0 aliphatic carbocycles. The highest BCUT2D eigenvalue weighted by Crippen LogP contribution is 2.20. The zero-order valence-corrected chi connectivity index (χ0v) is 17.6. The first-order valence-electron chi connectivity index (χ1n) is 8.84. The van der Waals surface area contributed by atoms with Crippen LogP contribution in [0, 0.1) is 6.92 Å². The van der Waals surface area contributed by atoms with E-state index in [9.17, 15) is 8.42 Å². The van der Waals surface area contributed by atoms with E-state index in [1.807, 2.05) is 55.5 Å². The Morgan fingerprint density at radius 1 is 0.778 bits per heavy atom. The average molecular weight is 394 g/mol. The summed E-state index contributed by atoms with van der Waals surface area (Å²) in [5.41, 5.74) is 1.87. The minimum Gasteiger partial charge on any atom is -0.199 e. The van der Waals surface area contributed by atoms with Gasteiger partial charge in [0.05, 0.1) is 4.90 Å². The van der Waals surface area contributed by atoms with Crippen LogP contribution in [0.25, 0.3) is 0 Å². The summed E-state index contributed by atoms with van der Waals surface area (Å²) < 4.78 is 30.5. The maximum absolute atomic E-state index is 13.0. The molecule has 5 heteroatoms. The summed E-state index contributed by atoms with van der Waals surface area (Å²) in [4.78, 5) is 0.222. The van der Waals surface area contributed by atoms with Crippen LogP contribution in [0.3, 0.4) is 0 Å². The molecule has 3 nitrogen and oxygen atoms in total. The molecule has 27 heavy (non-hydrogen) atoms. The van der Waals surface area contributed by atoms with Crippen LogP contribution < -0.4 is 5.19 Å². The van der Waals surface area contributed by atoms with Crippen molar-refractivity contribution in [3.8, 4) is 0 Å². The van der Waals surface area contributed by atoms with E-state index in [1.54, 1.807) is 24.3 Å². The number of hydrogen-bond donors (Lipinski definition) is 0. The molecular formula is C22H23NO2SSi. The topological polar surface area (TPSA) is 46.5 Å². The largest absolute Gasteiger partial charge is 0.282 e. The van der Waals surface area contributed by atoms with Crippen LogP contribution in [-0.2, 0) is 10.0 Å². The monoisotopic (exact) mass is 393 g/mol. The molecule has 3 aromatic carbocycles. The van der Waals surface area contributed by atoms with Crippen molar-refractivity contribution in [2.45, 2.75) is 24.9 Å². The van der Waals surface area contributed by atoms with Gasteiger partial charge in [-0.1, -0.05) is 96.6 Å². The van der Waals surface area contributed by atoms with Gasteiger partial charge in [-0.25, -0.2) is 0 Å². The van der Waals surface area contributed by atoms with Crippen molar-refractivity contribution in [2.75, 3.05) is 0 Å². The molecule has 0 radical (unpaired) electrons. The minimum absolute atomic E-state index is 0.222. The number of hydrogen-bond acceptors (Lipinski definition) is 2. The zero-order chi connectivity index (χ0) is 19.5. The van der Waals surface area contributed by atoms with E-state index in [1.165, 1.54) is 0 Å². The van der Waals surface area contributed by atoms with Gasteiger partial charge in [0.1, 0.15) is 8.07 Å². The molecule has 0 amide bonds. The van der Waals surface area contributed by atoms with Gasteiger partial charge in [-0.3, -0.25) is 0 Å². The van der Waals surface area contributed by atoms with E-state index >= 15 is 0 Å². The lowest BCUT2D eigenvalue weighted by Gasteiger charge is -2.25. The van der Waals surface area contributed by atoms with Gasteiger partial charge in [-0.05, 0) is 24.6 Å². The fourth-order valence-corrected chi connectivity index (χ4v) is 7.39. The summed E-state index contributed by atoms with van der Waals surface area (Å²) in [7, 11) is -6.13. The van der Waals surface area contributed by atoms with Crippen LogP contribution >= 0.6 is 0 Å². The van der Waals surface area contributed by atoms with Crippen molar-refractivity contribution in [3.63, 3.8) is 0 Å². The molecule has 0 heterocycles. The van der Waals surface area contributed by atoms with Gasteiger partial charge in [0.25, 0.3) is 10.0 Å². The highest BCUT2D eigenvalue weighted by molar-refractivity contribution is 7.90. The summed E-state index contributed by atoms with van der Waals surface area (Å²) in [6.45, 7) is 6.21. The second kappa shape index (κ2) is 7.62. The number of aryl methyl sites for hydroxylation is 1. The van der Waals surface area contributed by atoms with E-state index in [2.05, 4.69) is 29.6 Å². The van der Waals surface area contributed by atoms with Crippen molar-refractivity contribution in [1.82, 2.24) is 0 Å². The molecule has 0 N–H and O–H groups in total. The fourth-order valence-electron chi connectivity index (χ4n) is 3.00. The van der Waals surface area contributed by atoms with Gasteiger partial charge >= 0.3 is 0 Å². The van der Waals surface area contributed by atoms with Gasteiger partial charge in [0.15, 0.2) is 0 Å². The summed E-state index contributed by atoms with van der Waals surface area (Å²) in [5.74, 6) is 0. The van der Waals surface area contributed by atoms with Gasteiger partial charge in [0, 0.05) is 5.33 Å². The number of nitrogens with zero attached hydrogens (tertiary/aromatic N) is 1. The lowest BCUT2D eigenvalue weighted by atomic mass is 10.2. The molecule has 0 bridgehead atoms. The normalized spacial score (nSPS) is 12.8. The van der Waals surface area contributed by atoms with Crippen LogP contribution in [0.5, 0.6) is 0 Å². The maximum atomic E-state index is 13.0. The molecule has 0 aliphatic rings. The first-order valence-corrected chi connectivity index (χ1v) is 13.3. The second-order valence-electron chi connectivity index (χ2n) is 7.09. The summed E-state index contributed by atoms with van der Waals surface area (Å²) >= 11 is 0. The quantitative estimate of drug-likeness (QED) is 0.478. The Kier molecular flexibility index (Phi) is 5.44. The Morgan fingerprint density at radius 3 is 1.85 bits per heavy atom. The van der Waals surface area contributed by atoms with Crippen LogP contribution in [0.4, 0.5) is 0 Å². The van der Waals surface area contributed by atoms with Gasteiger partial charge in [0.2, 0.25) is 0 Å². The molecule has 0 saturated carbocycles. The Balaban J connectivity index is 2.19. The second-order valence-corrected chi connectivity index (χ2v) is 13.0. The number of sulfonamides is 1. The molecular weight excluding hydrogens is 370 g/mol. The molecule has 0 spiro atoms. The third-order valence-corrected chi connectivity index (χ3v) is 9.48. The summed E-state index contributed by atoms with van der Waals surface area (Å²) in [5, 5.41) is 1.81. The minimum atomic E-state index is -3.79. The van der Waals surface area contributed by atoms with E-state index in [0.29, 0.717) is 5.33 Å². The van der Waals surface area contributed by atoms with Crippen LogP contribution in [0.1, 0.15) is 11.1 Å². The molecule has 138 valence electrons. The average Bonchev–Trinajstić information content (AvgIpc) is 2.68. The van der Waals surface area contributed by atoms with Crippen molar-refractivity contribution >= 4 is 28.6 Å². The van der Waals surface area contributed by atoms with Gasteiger partial charge in [-0.15, -0.1) is 0 Å². The summed E-state index contributed by atoms with van der Waals surface area (Å²) in [6.07, 6.45) is 0. The van der Waals surface area contributed by atoms with E-state index in [4.69, 9.17) is 0 Å². The standard InChI is InChI=1S/C22H23NO2SSi/c1-18-14-16-20(17-15-18)26(24,25)23-22(19-10-6-4-7-11-19)27(2,3)21-12-8-5-9-13-21/h4-17H,1-3H3/b23-22-. The SMILES string of the molecule is Cc1ccc(S(=O)(=O)/N=C(/c2ccccc2)[Si](C)(C)c2ccccc2)cc1. The van der Waals surface area contributed by atoms with Crippen LogP contribution in [0.2, 0.25) is 13.1 Å². The van der Waals surface area contributed by atoms with E-state index in [0.717, 1.165) is 16.3 Å². The zero-order valence-electron chi connectivity index (χ0n) is 15.8. The highest BCUT2D eigenvalue weighted by atomic mass is 32.2. The van der Waals surface area contributed by atoms with Crippen molar-refractivity contribution in [2.24, 2.45) is 4.40 Å². The number of rotatable bonds is 5. The van der Waals surface area contributed by atoms with E-state index < -0.39 is 18.1 Å². The number of benzene rings is 3. The first kappa shape index (κ1) is 19.3. The lowest BCUT2D eigenvalue weighted by Crippen LogP contribution is -2.50. The predicted molar refractivity (Wildman–Crippen MR) is 115 cm³/mol. The molecule has 0 fully saturated rings. The predicted octanol–water partition coefficient (Wildman–Crippen LogP) is 4.33. The van der Waals surface area contributed by atoms with Gasteiger partial charge in [-0.2, -0.15) is 12.8 Å². The summed E-state index contributed by atoms with van der Waals surface area (Å²) in [6, 6.07) is 26.5. The molecule has 0 saturated heterocycles. The Hall–Kier alpha value is -2.50. The Morgan fingerprint density at radius 2 is 1.30 bits per heavy atom. The van der Waals surface area contributed by atoms with E-state index in [-0.39, 0.29) is 4.90 Å². The van der Waals surface area contributed by atoms with Crippen molar-refractivity contribution in [1.29, 1.82) is 0 Å². The Labute approximate surface area is 162 Å². The fraction of sp³-hybridized carbons (Fsp3) is 0.136. The third kappa shape index (κ3) is 4.26. The molecule has 3 aromatic rings. The molecule has 0 atom stereocenters. The van der Waals surface area contributed by atoms with Crippen LogP contribution in [-0.4, -0.2) is 21.8 Å². The highest BCUT2D eigenvalue weighted by Gasteiger charge is 2.33.